The number of carboxylic acids is 1. The lowest BCUT2D eigenvalue weighted by Gasteiger charge is -2.27. The number of carbonyl (C=O) groups excluding carboxylic acids is 3. The van der Waals surface area contributed by atoms with Crippen molar-refractivity contribution in [2.24, 2.45) is 11.3 Å². The van der Waals surface area contributed by atoms with Gasteiger partial charge in [-0.2, -0.15) is 0 Å². The molecule has 1 N–H and O–H groups in total. The standard InChI is InChI=1S/C14H12O5/c1-7(15)11(13(18)19)12(17)14(8(2)16)9-3-4-10(14)6-5-9/h3-6,11H,1-2H3,(H,18,19). The average molecular weight is 260 g/mol. The number of Topliss-reactive ketones (excluding diaryl/α,β-unsaturated/α-hetero) is 3. The number of ketones is 3. The van der Waals surface area contributed by atoms with E-state index in [-0.39, 0.29) is 0 Å². The van der Waals surface area contributed by atoms with Gasteiger partial charge in [-0.25, -0.2) is 0 Å². The fraction of sp³-hybridized carbons (Fsp3) is 0.286. The van der Waals surface area contributed by atoms with Crippen LogP contribution in [0.3, 0.4) is 0 Å². The predicted molar refractivity (Wildman–Crippen MR) is 65.2 cm³/mol. The molecular formula is C14H12O5. The first-order chi connectivity index (χ1) is 8.83. The van der Waals surface area contributed by atoms with E-state index in [0.29, 0.717) is 11.1 Å². The summed E-state index contributed by atoms with van der Waals surface area (Å²) in [6, 6.07) is 0. The normalized spacial score (nSPS) is 19.7. The molecule has 0 aromatic rings. The maximum Gasteiger partial charge on any atom is 0.321 e. The summed E-state index contributed by atoms with van der Waals surface area (Å²) >= 11 is 0. The molecule has 2 aliphatic carbocycles. The molecule has 0 radical (unpaired) electrons. The SMILES string of the molecule is CC(=O)C(C(=O)O)C(=O)C1(C(C)=O)C2=CC=C1C=C2. The first-order valence-corrected chi connectivity index (χ1v) is 5.73. The number of aliphatic carboxylic acids is 1. The van der Waals surface area contributed by atoms with E-state index in [4.69, 9.17) is 5.11 Å². The maximum absolute atomic E-state index is 12.5. The van der Waals surface area contributed by atoms with Gasteiger partial charge in [0.2, 0.25) is 0 Å². The second kappa shape index (κ2) is 4.12. The van der Waals surface area contributed by atoms with E-state index in [9.17, 15) is 19.2 Å². The van der Waals surface area contributed by atoms with E-state index in [2.05, 4.69) is 0 Å². The molecule has 0 saturated carbocycles. The molecule has 0 heterocycles. The van der Waals surface area contributed by atoms with Gasteiger partial charge in [0.15, 0.2) is 23.3 Å². The van der Waals surface area contributed by atoms with Gasteiger partial charge in [0.1, 0.15) is 5.41 Å². The van der Waals surface area contributed by atoms with Crippen molar-refractivity contribution in [3.05, 3.63) is 35.5 Å². The second-order valence-corrected chi connectivity index (χ2v) is 4.63. The van der Waals surface area contributed by atoms with E-state index >= 15 is 0 Å². The Morgan fingerprint density at radius 3 is 1.79 bits per heavy atom. The molecule has 1 atom stereocenters. The highest BCUT2D eigenvalue weighted by atomic mass is 16.4. The Morgan fingerprint density at radius 2 is 1.53 bits per heavy atom. The average Bonchev–Trinajstić information content (AvgIpc) is 2.82. The number of carboxylic acid groups (broad SMARTS) is 1. The zero-order valence-electron chi connectivity index (χ0n) is 10.5. The Labute approximate surface area is 109 Å². The topological polar surface area (TPSA) is 88.5 Å². The molecule has 98 valence electrons. The van der Waals surface area contributed by atoms with Gasteiger partial charge in [-0.05, 0) is 25.0 Å². The second-order valence-electron chi connectivity index (χ2n) is 4.63. The van der Waals surface area contributed by atoms with Crippen LogP contribution in [0.4, 0.5) is 0 Å². The van der Waals surface area contributed by atoms with Crippen LogP contribution in [-0.2, 0) is 19.2 Å². The summed E-state index contributed by atoms with van der Waals surface area (Å²) in [5, 5.41) is 9.05. The van der Waals surface area contributed by atoms with Crippen LogP contribution in [-0.4, -0.2) is 28.4 Å². The van der Waals surface area contributed by atoms with Crippen molar-refractivity contribution in [1.82, 2.24) is 0 Å². The fourth-order valence-corrected chi connectivity index (χ4v) is 2.69. The molecule has 5 heteroatoms. The van der Waals surface area contributed by atoms with E-state index in [1.54, 1.807) is 24.3 Å². The summed E-state index contributed by atoms with van der Waals surface area (Å²) in [5.74, 6) is -5.45. The highest BCUT2D eigenvalue weighted by Crippen LogP contribution is 2.49. The summed E-state index contributed by atoms with van der Waals surface area (Å²) < 4.78 is 0. The molecule has 0 aliphatic heterocycles. The molecule has 0 aromatic carbocycles. The summed E-state index contributed by atoms with van der Waals surface area (Å²) in [6.07, 6.45) is 6.42. The minimum absolute atomic E-state index is 0.438. The molecule has 0 fully saturated rings. The van der Waals surface area contributed by atoms with Crippen molar-refractivity contribution in [3.8, 4) is 0 Å². The third-order valence-electron chi connectivity index (χ3n) is 3.56. The Morgan fingerprint density at radius 1 is 1.05 bits per heavy atom. The van der Waals surface area contributed by atoms with E-state index in [0.717, 1.165) is 6.92 Å². The van der Waals surface area contributed by atoms with Crippen LogP contribution >= 0.6 is 0 Å². The van der Waals surface area contributed by atoms with E-state index in [1.807, 2.05) is 0 Å². The van der Waals surface area contributed by atoms with Gasteiger partial charge in [-0.3, -0.25) is 19.2 Å². The van der Waals surface area contributed by atoms with Crippen molar-refractivity contribution in [3.63, 3.8) is 0 Å². The minimum Gasteiger partial charge on any atom is -0.480 e. The molecule has 19 heavy (non-hydrogen) atoms. The van der Waals surface area contributed by atoms with Gasteiger partial charge in [-0.1, -0.05) is 24.3 Å². The molecule has 1 unspecified atom stereocenters. The monoisotopic (exact) mass is 260 g/mol. The molecule has 0 spiro atoms. The van der Waals surface area contributed by atoms with Gasteiger partial charge >= 0.3 is 5.97 Å². The number of hydrogen-bond donors (Lipinski definition) is 1. The van der Waals surface area contributed by atoms with Crippen LogP contribution in [0.2, 0.25) is 0 Å². The predicted octanol–water partition coefficient (Wildman–Crippen LogP) is 0.857. The van der Waals surface area contributed by atoms with Crippen LogP contribution in [0, 0.1) is 11.3 Å². The molecule has 2 bridgehead atoms. The number of carbonyl (C=O) groups is 4. The third-order valence-corrected chi connectivity index (χ3v) is 3.56. The largest absolute Gasteiger partial charge is 0.480 e. The smallest absolute Gasteiger partial charge is 0.321 e. The van der Waals surface area contributed by atoms with Crippen molar-refractivity contribution < 1.29 is 24.3 Å². The lowest BCUT2D eigenvalue weighted by molar-refractivity contribution is -0.152. The minimum atomic E-state index is -1.81. The highest BCUT2D eigenvalue weighted by molar-refractivity contribution is 6.27. The molecule has 2 aliphatic rings. The van der Waals surface area contributed by atoms with Crippen molar-refractivity contribution in [1.29, 1.82) is 0 Å². The molecule has 0 amide bonds. The number of rotatable bonds is 5. The molecule has 2 rings (SSSR count). The lowest BCUT2D eigenvalue weighted by atomic mass is 9.69. The molecule has 5 nitrogen and oxygen atoms in total. The zero-order chi connectivity index (χ0) is 14.4. The molecular weight excluding hydrogens is 248 g/mol. The Bertz CT molecular complexity index is 567. The summed E-state index contributed by atoms with van der Waals surface area (Å²) in [4.78, 5) is 47.0. The van der Waals surface area contributed by atoms with Crippen LogP contribution in [0.1, 0.15) is 13.8 Å². The van der Waals surface area contributed by atoms with Crippen molar-refractivity contribution in [2.75, 3.05) is 0 Å². The molecule has 0 saturated heterocycles. The Hall–Kier alpha value is -2.30. The van der Waals surface area contributed by atoms with Crippen LogP contribution in [0.5, 0.6) is 0 Å². The Balaban J connectivity index is 2.56. The van der Waals surface area contributed by atoms with Crippen molar-refractivity contribution >= 4 is 23.3 Å². The van der Waals surface area contributed by atoms with Gasteiger partial charge < -0.3 is 5.11 Å². The number of hydrogen-bond acceptors (Lipinski definition) is 4. The van der Waals surface area contributed by atoms with Crippen LogP contribution in [0.25, 0.3) is 0 Å². The number of allylic oxidation sites excluding steroid dienone is 6. The van der Waals surface area contributed by atoms with Gasteiger partial charge in [0, 0.05) is 0 Å². The van der Waals surface area contributed by atoms with Crippen molar-refractivity contribution in [2.45, 2.75) is 13.8 Å². The highest BCUT2D eigenvalue weighted by Gasteiger charge is 2.56. The molecule has 0 aromatic heterocycles. The summed E-state index contributed by atoms with van der Waals surface area (Å²) in [7, 11) is 0. The van der Waals surface area contributed by atoms with Gasteiger partial charge in [-0.15, -0.1) is 0 Å². The summed E-state index contributed by atoms with van der Waals surface area (Å²) in [6.45, 7) is 2.27. The van der Waals surface area contributed by atoms with Crippen LogP contribution < -0.4 is 0 Å². The fourth-order valence-electron chi connectivity index (χ4n) is 2.69. The van der Waals surface area contributed by atoms with E-state index in [1.165, 1.54) is 6.92 Å². The quantitative estimate of drug-likeness (QED) is 0.740. The summed E-state index contributed by atoms with van der Waals surface area (Å²) in [5.41, 5.74) is -0.727. The van der Waals surface area contributed by atoms with Gasteiger partial charge in [0.05, 0.1) is 0 Å². The van der Waals surface area contributed by atoms with Gasteiger partial charge in [0.25, 0.3) is 0 Å². The first kappa shape index (κ1) is 13.1. The Kier molecular flexibility index (Phi) is 2.85. The maximum atomic E-state index is 12.5. The zero-order valence-corrected chi connectivity index (χ0v) is 10.5. The van der Waals surface area contributed by atoms with Crippen LogP contribution in [0.15, 0.2) is 35.5 Å². The third kappa shape index (κ3) is 1.54. The number of fused-ring (bicyclic) bond motifs is 2. The first-order valence-electron chi connectivity index (χ1n) is 5.73. The van der Waals surface area contributed by atoms with E-state index < -0.39 is 34.7 Å². The lowest BCUT2D eigenvalue weighted by Crippen LogP contribution is -2.46.